The second kappa shape index (κ2) is 9.24. The molecule has 0 aliphatic carbocycles. The quantitative estimate of drug-likeness (QED) is 0.628. The molecule has 1 aromatic rings. The van der Waals surface area contributed by atoms with Gasteiger partial charge in [0.25, 0.3) is 10.0 Å². The van der Waals surface area contributed by atoms with Crippen LogP contribution in [0.4, 0.5) is 13.2 Å². The van der Waals surface area contributed by atoms with E-state index in [-0.39, 0.29) is 30.2 Å². The first-order valence-electron chi connectivity index (χ1n) is 7.10. The molecule has 0 aliphatic heterocycles. The standard InChI is InChI=1S/C14H16F3N3O4S/c1-2-13(21)19-8-10-6-12(11(15)5-9(10)7-18)24-4-3-20-25(22,23)14(16)17/h5-6,14,20H,2-4,8H2,1H3,(H,19,21). The van der Waals surface area contributed by atoms with Crippen LogP contribution in [0.15, 0.2) is 12.1 Å². The summed E-state index contributed by atoms with van der Waals surface area (Å²) in [4.78, 5) is 11.3. The number of carbonyl (C=O) groups excluding carboxylic acids is 1. The van der Waals surface area contributed by atoms with Crippen LogP contribution in [0.2, 0.25) is 0 Å². The predicted octanol–water partition coefficient (Wildman–Crippen LogP) is 1.24. The minimum absolute atomic E-state index is 0.000318. The fraction of sp³-hybridized carbons (Fsp3) is 0.429. The summed E-state index contributed by atoms with van der Waals surface area (Å²) in [6.45, 7) is 0.716. The Bertz CT molecular complexity index is 763. The Labute approximate surface area is 142 Å². The zero-order valence-electron chi connectivity index (χ0n) is 13.2. The first-order valence-corrected chi connectivity index (χ1v) is 8.64. The largest absolute Gasteiger partial charge is 0.489 e. The van der Waals surface area contributed by atoms with Crippen LogP contribution in [0.5, 0.6) is 5.75 Å². The highest BCUT2D eigenvalue weighted by molar-refractivity contribution is 7.89. The zero-order valence-corrected chi connectivity index (χ0v) is 14.0. The summed E-state index contributed by atoms with van der Waals surface area (Å²) < 4.78 is 66.4. The molecule has 0 fully saturated rings. The van der Waals surface area contributed by atoms with Crippen molar-refractivity contribution in [1.82, 2.24) is 10.0 Å². The lowest BCUT2D eigenvalue weighted by Gasteiger charge is -2.12. The van der Waals surface area contributed by atoms with Gasteiger partial charge < -0.3 is 10.1 Å². The number of nitrogens with zero attached hydrogens (tertiary/aromatic N) is 1. The molecule has 0 aromatic heterocycles. The number of nitrogens with one attached hydrogen (secondary N) is 2. The van der Waals surface area contributed by atoms with Gasteiger partial charge in [0, 0.05) is 19.5 Å². The van der Waals surface area contributed by atoms with Crippen LogP contribution in [0.25, 0.3) is 0 Å². The molecule has 0 saturated carbocycles. The van der Waals surface area contributed by atoms with Crippen LogP contribution >= 0.6 is 0 Å². The third kappa shape index (κ3) is 6.24. The first-order chi connectivity index (χ1) is 11.7. The van der Waals surface area contributed by atoms with Crippen molar-refractivity contribution in [1.29, 1.82) is 5.26 Å². The zero-order chi connectivity index (χ0) is 19.0. The molecule has 0 unspecified atom stereocenters. The molecule has 7 nitrogen and oxygen atoms in total. The second-order valence-corrected chi connectivity index (χ2v) is 6.47. The minimum Gasteiger partial charge on any atom is -0.489 e. The lowest BCUT2D eigenvalue weighted by Crippen LogP contribution is -2.32. The second-order valence-electron chi connectivity index (χ2n) is 4.73. The average Bonchev–Trinajstić information content (AvgIpc) is 2.57. The summed E-state index contributed by atoms with van der Waals surface area (Å²) in [5.74, 6) is -5.01. The van der Waals surface area contributed by atoms with Crippen LogP contribution in [0, 0.1) is 17.1 Å². The van der Waals surface area contributed by atoms with Crippen molar-refractivity contribution in [2.24, 2.45) is 0 Å². The fourth-order valence-electron chi connectivity index (χ4n) is 1.68. The van der Waals surface area contributed by atoms with Gasteiger partial charge in [0.1, 0.15) is 6.61 Å². The first kappa shape index (κ1) is 20.7. The molecule has 0 radical (unpaired) electrons. The highest BCUT2D eigenvalue weighted by Gasteiger charge is 2.22. The maximum Gasteiger partial charge on any atom is 0.350 e. The van der Waals surface area contributed by atoms with E-state index in [1.807, 2.05) is 0 Å². The van der Waals surface area contributed by atoms with Gasteiger partial charge in [-0.1, -0.05) is 6.92 Å². The Morgan fingerprint density at radius 1 is 1.40 bits per heavy atom. The summed E-state index contributed by atoms with van der Waals surface area (Å²) in [5.41, 5.74) is 0.300. The van der Waals surface area contributed by atoms with E-state index in [9.17, 15) is 26.4 Å². The van der Waals surface area contributed by atoms with Crippen molar-refractivity contribution in [2.45, 2.75) is 25.6 Å². The molecule has 11 heteroatoms. The highest BCUT2D eigenvalue weighted by Crippen LogP contribution is 2.22. The van der Waals surface area contributed by atoms with Crippen molar-refractivity contribution in [2.75, 3.05) is 13.2 Å². The monoisotopic (exact) mass is 379 g/mol. The number of hydrogen-bond donors (Lipinski definition) is 2. The Morgan fingerprint density at radius 2 is 2.08 bits per heavy atom. The van der Waals surface area contributed by atoms with Gasteiger partial charge in [-0.05, 0) is 17.7 Å². The molecular weight excluding hydrogens is 363 g/mol. The van der Waals surface area contributed by atoms with E-state index >= 15 is 0 Å². The van der Waals surface area contributed by atoms with E-state index in [4.69, 9.17) is 10.00 Å². The summed E-state index contributed by atoms with van der Waals surface area (Å²) in [7, 11) is -4.75. The van der Waals surface area contributed by atoms with Crippen LogP contribution in [0.1, 0.15) is 24.5 Å². The van der Waals surface area contributed by atoms with E-state index in [1.165, 1.54) is 6.07 Å². The topological polar surface area (TPSA) is 108 Å². The Hall–Kier alpha value is -2.32. The molecule has 0 saturated heterocycles. The van der Waals surface area contributed by atoms with Crippen molar-refractivity contribution in [3.05, 3.63) is 29.1 Å². The molecule has 0 aliphatic rings. The highest BCUT2D eigenvalue weighted by atomic mass is 32.2. The van der Waals surface area contributed by atoms with Gasteiger partial charge in [0.05, 0.1) is 11.6 Å². The number of alkyl halides is 2. The third-order valence-corrected chi connectivity index (χ3v) is 4.05. The summed E-state index contributed by atoms with van der Waals surface area (Å²) >= 11 is 0. The molecular formula is C14H16F3N3O4S. The van der Waals surface area contributed by atoms with Gasteiger partial charge in [-0.25, -0.2) is 17.5 Å². The van der Waals surface area contributed by atoms with Crippen LogP contribution in [-0.2, 0) is 21.4 Å². The normalized spacial score (nSPS) is 11.2. The number of ether oxygens (including phenoxy) is 1. The lowest BCUT2D eigenvalue weighted by molar-refractivity contribution is -0.120. The maximum absolute atomic E-state index is 13.8. The van der Waals surface area contributed by atoms with E-state index in [1.54, 1.807) is 17.7 Å². The fourth-order valence-corrected chi connectivity index (χ4v) is 2.18. The van der Waals surface area contributed by atoms with E-state index < -0.39 is 34.7 Å². The van der Waals surface area contributed by atoms with E-state index in [0.29, 0.717) is 5.56 Å². The number of nitriles is 1. The molecule has 0 bridgehead atoms. The number of benzene rings is 1. The van der Waals surface area contributed by atoms with Crippen molar-refractivity contribution in [3.63, 3.8) is 0 Å². The van der Waals surface area contributed by atoms with Crippen LogP contribution in [-0.4, -0.2) is 33.2 Å². The summed E-state index contributed by atoms with van der Waals surface area (Å²) in [6.07, 6.45) is 0.233. The van der Waals surface area contributed by atoms with Gasteiger partial charge in [-0.3, -0.25) is 4.79 Å². The maximum atomic E-state index is 13.8. The van der Waals surface area contributed by atoms with E-state index in [0.717, 1.165) is 6.07 Å². The van der Waals surface area contributed by atoms with Crippen LogP contribution < -0.4 is 14.8 Å². The van der Waals surface area contributed by atoms with Crippen molar-refractivity contribution < 1.29 is 31.1 Å². The molecule has 1 amide bonds. The van der Waals surface area contributed by atoms with Gasteiger partial charge in [0.2, 0.25) is 5.91 Å². The number of rotatable bonds is 9. The molecule has 1 aromatic carbocycles. The molecule has 1 rings (SSSR count). The minimum atomic E-state index is -4.75. The van der Waals surface area contributed by atoms with Crippen molar-refractivity contribution in [3.8, 4) is 11.8 Å². The number of hydrogen-bond acceptors (Lipinski definition) is 5. The average molecular weight is 379 g/mol. The van der Waals surface area contributed by atoms with Crippen molar-refractivity contribution >= 4 is 15.9 Å². The molecule has 138 valence electrons. The Kier molecular flexibility index (Phi) is 7.66. The van der Waals surface area contributed by atoms with E-state index in [2.05, 4.69) is 5.32 Å². The molecule has 0 atom stereocenters. The smallest absolute Gasteiger partial charge is 0.350 e. The summed E-state index contributed by atoms with van der Waals surface area (Å²) in [5, 5.41) is 11.5. The summed E-state index contributed by atoms with van der Waals surface area (Å²) in [6, 6.07) is 3.88. The number of sulfonamides is 1. The Morgan fingerprint density at radius 3 is 2.64 bits per heavy atom. The molecule has 2 N–H and O–H groups in total. The number of amides is 1. The molecule has 0 spiro atoms. The Balaban J connectivity index is 2.76. The van der Waals surface area contributed by atoms with Gasteiger partial charge >= 0.3 is 5.76 Å². The van der Waals surface area contributed by atoms with Gasteiger partial charge in [-0.2, -0.15) is 14.0 Å². The number of carbonyl (C=O) groups is 1. The SMILES string of the molecule is CCC(=O)NCc1cc(OCCNS(=O)(=O)C(F)F)c(F)cc1C#N. The third-order valence-electron chi connectivity index (χ3n) is 2.97. The van der Waals surface area contributed by atoms with Gasteiger partial charge in [0.15, 0.2) is 11.6 Å². The molecule has 25 heavy (non-hydrogen) atoms. The van der Waals surface area contributed by atoms with Crippen LogP contribution in [0.3, 0.4) is 0 Å². The number of halogens is 3. The lowest BCUT2D eigenvalue weighted by atomic mass is 10.1. The predicted molar refractivity (Wildman–Crippen MR) is 81.7 cm³/mol. The molecule has 0 heterocycles. The van der Waals surface area contributed by atoms with Gasteiger partial charge in [-0.15, -0.1) is 0 Å².